The second-order valence-corrected chi connectivity index (χ2v) is 3.40. The summed E-state index contributed by atoms with van der Waals surface area (Å²) in [7, 11) is 0. The molecule has 0 unspecified atom stereocenters. The lowest BCUT2D eigenvalue weighted by molar-refractivity contribution is -0.384. The number of hydrogen-bond acceptors (Lipinski definition) is 4. The quantitative estimate of drug-likeness (QED) is 0.345. The molecule has 0 spiro atoms. The monoisotopic (exact) mass is 210 g/mol. The molecule has 5 nitrogen and oxygen atoms in total. The molecule has 0 saturated carbocycles. The highest BCUT2D eigenvalue weighted by Crippen LogP contribution is 2.31. The van der Waals surface area contributed by atoms with Gasteiger partial charge in [0.1, 0.15) is 5.75 Å². The summed E-state index contributed by atoms with van der Waals surface area (Å²) in [6.07, 6.45) is 2.43. The average Bonchev–Trinajstić information content (AvgIpc) is 2.19. The van der Waals surface area contributed by atoms with Gasteiger partial charge in [0.2, 0.25) is 0 Å². The first kappa shape index (κ1) is 11.3. The molecule has 0 fully saturated rings. The molecule has 15 heavy (non-hydrogen) atoms. The van der Waals surface area contributed by atoms with Gasteiger partial charge in [0.25, 0.3) is 5.69 Å². The van der Waals surface area contributed by atoms with E-state index >= 15 is 0 Å². The number of nitrogen functional groups attached to an aromatic ring is 1. The molecule has 0 heterocycles. The molecule has 0 aliphatic carbocycles. The molecule has 0 saturated heterocycles. The minimum Gasteiger partial charge on any atom is -0.505 e. The van der Waals surface area contributed by atoms with Gasteiger partial charge in [0.05, 0.1) is 10.6 Å². The summed E-state index contributed by atoms with van der Waals surface area (Å²) < 4.78 is 0. The highest BCUT2D eigenvalue weighted by molar-refractivity contribution is 5.61. The molecule has 0 aliphatic rings. The van der Waals surface area contributed by atoms with Crippen molar-refractivity contribution in [3.63, 3.8) is 0 Å². The Labute approximate surface area is 87.7 Å². The number of nitrogens with zero attached hydrogens (tertiary/aromatic N) is 1. The Hall–Kier alpha value is -1.78. The van der Waals surface area contributed by atoms with Crippen molar-refractivity contribution in [1.82, 2.24) is 0 Å². The van der Waals surface area contributed by atoms with Gasteiger partial charge in [0.15, 0.2) is 0 Å². The number of nitrogens with two attached hydrogens (primary N) is 1. The van der Waals surface area contributed by atoms with E-state index in [0.717, 1.165) is 12.8 Å². The third kappa shape index (κ3) is 2.59. The third-order valence-electron chi connectivity index (χ3n) is 2.21. The van der Waals surface area contributed by atoms with E-state index < -0.39 is 4.92 Å². The molecule has 0 radical (unpaired) electrons. The smallest absolute Gasteiger partial charge is 0.272 e. The Balaban J connectivity index is 3.07. The molecule has 82 valence electrons. The first-order valence-corrected chi connectivity index (χ1v) is 4.82. The minimum atomic E-state index is -0.509. The van der Waals surface area contributed by atoms with Crippen molar-refractivity contribution in [2.45, 2.75) is 26.2 Å². The van der Waals surface area contributed by atoms with Crippen molar-refractivity contribution in [2.75, 3.05) is 5.73 Å². The number of rotatable bonds is 4. The van der Waals surface area contributed by atoms with Crippen LogP contribution in [0.2, 0.25) is 0 Å². The Morgan fingerprint density at radius 3 is 2.73 bits per heavy atom. The summed E-state index contributed by atoms with van der Waals surface area (Å²) in [5, 5.41) is 20.1. The normalized spacial score (nSPS) is 10.2. The number of nitro benzene ring substituents is 1. The number of anilines is 1. The van der Waals surface area contributed by atoms with Crippen LogP contribution in [0.25, 0.3) is 0 Å². The number of aryl methyl sites for hydroxylation is 1. The summed E-state index contributed by atoms with van der Waals surface area (Å²) in [6.45, 7) is 2.01. The highest BCUT2D eigenvalue weighted by atomic mass is 16.6. The van der Waals surface area contributed by atoms with Gasteiger partial charge >= 0.3 is 0 Å². The lowest BCUT2D eigenvalue weighted by Crippen LogP contribution is -1.96. The fourth-order valence-electron chi connectivity index (χ4n) is 1.36. The number of hydrogen-bond donors (Lipinski definition) is 2. The number of unbranched alkanes of at least 4 members (excludes halogenated alkanes) is 1. The standard InChI is InChI=1S/C10H14N2O3/c1-2-3-4-7-5-8(12(14)15)6-9(11)10(7)13/h5-6,13H,2-4,11H2,1H3. The molecule has 1 aromatic rings. The van der Waals surface area contributed by atoms with Gasteiger partial charge in [-0.15, -0.1) is 0 Å². The first-order valence-electron chi connectivity index (χ1n) is 4.82. The van der Waals surface area contributed by atoms with Crippen LogP contribution in [0.4, 0.5) is 11.4 Å². The van der Waals surface area contributed by atoms with Crippen LogP contribution in [0.5, 0.6) is 5.75 Å². The van der Waals surface area contributed by atoms with Crippen molar-refractivity contribution in [3.05, 3.63) is 27.8 Å². The first-order chi connectivity index (χ1) is 7.06. The van der Waals surface area contributed by atoms with Crippen LogP contribution in [0.3, 0.4) is 0 Å². The molecule has 0 atom stereocenters. The van der Waals surface area contributed by atoms with Crippen LogP contribution in [-0.2, 0) is 6.42 Å². The maximum absolute atomic E-state index is 10.6. The second kappa shape index (κ2) is 4.63. The van der Waals surface area contributed by atoms with E-state index in [1.165, 1.54) is 12.1 Å². The summed E-state index contributed by atoms with van der Waals surface area (Å²) >= 11 is 0. The lowest BCUT2D eigenvalue weighted by Gasteiger charge is -2.06. The van der Waals surface area contributed by atoms with E-state index in [1.807, 2.05) is 6.92 Å². The van der Waals surface area contributed by atoms with Gasteiger partial charge in [-0.1, -0.05) is 13.3 Å². The Bertz CT molecular complexity index is 377. The molecule has 3 N–H and O–H groups in total. The molecular formula is C10H14N2O3. The van der Waals surface area contributed by atoms with Gasteiger partial charge in [-0.25, -0.2) is 0 Å². The fourth-order valence-corrected chi connectivity index (χ4v) is 1.36. The van der Waals surface area contributed by atoms with E-state index in [9.17, 15) is 15.2 Å². The van der Waals surface area contributed by atoms with E-state index in [-0.39, 0.29) is 17.1 Å². The molecule has 0 amide bonds. The second-order valence-electron chi connectivity index (χ2n) is 3.40. The van der Waals surface area contributed by atoms with Crippen molar-refractivity contribution in [1.29, 1.82) is 0 Å². The summed E-state index contributed by atoms with van der Waals surface area (Å²) in [5.74, 6) is -0.0333. The maximum Gasteiger partial charge on any atom is 0.272 e. The van der Waals surface area contributed by atoms with Crippen LogP contribution < -0.4 is 5.73 Å². The van der Waals surface area contributed by atoms with Crippen LogP contribution in [0, 0.1) is 10.1 Å². The third-order valence-corrected chi connectivity index (χ3v) is 2.21. The van der Waals surface area contributed by atoms with Crippen molar-refractivity contribution < 1.29 is 10.0 Å². The molecule has 0 bridgehead atoms. The Morgan fingerprint density at radius 2 is 2.20 bits per heavy atom. The summed E-state index contributed by atoms with van der Waals surface area (Å²) in [4.78, 5) is 10.1. The number of phenols is 1. The van der Waals surface area contributed by atoms with Crippen molar-refractivity contribution >= 4 is 11.4 Å². The van der Waals surface area contributed by atoms with Crippen molar-refractivity contribution in [3.8, 4) is 5.75 Å². The Kier molecular flexibility index (Phi) is 3.49. The molecule has 1 aromatic carbocycles. The van der Waals surface area contributed by atoms with Gasteiger partial charge < -0.3 is 10.8 Å². The van der Waals surface area contributed by atoms with E-state index in [2.05, 4.69) is 0 Å². The predicted molar refractivity (Wildman–Crippen MR) is 57.8 cm³/mol. The molecule has 0 aliphatic heterocycles. The zero-order chi connectivity index (χ0) is 11.4. The van der Waals surface area contributed by atoms with Crippen LogP contribution >= 0.6 is 0 Å². The largest absolute Gasteiger partial charge is 0.505 e. The van der Waals surface area contributed by atoms with Crippen LogP contribution in [0.15, 0.2) is 12.1 Å². The van der Waals surface area contributed by atoms with Crippen LogP contribution in [0.1, 0.15) is 25.3 Å². The lowest BCUT2D eigenvalue weighted by atomic mass is 10.1. The fraction of sp³-hybridized carbons (Fsp3) is 0.400. The SMILES string of the molecule is CCCCc1cc([N+](=O)[O-])cc(N)c1O. The maximum atomic E-state index is 10.6. The average molecular weight is 210 g/mol. The molecule has 0 aromatic heterocycles. The zero-order valence-corrected chi connectivity index (χ0v) is 8.56. The molecule has 1 rings (SSSR count). The predicted octanol–water partition coefficient (Wildman–Crippen LogP) is 2.23. The van der Waals surface area contributed by atoms with E-state index in [0.29, 0.717) is 12.0 Å². The van der Waals surface area contributed by atoms with Gasteiger partial charge in [-0.2, -0.15) is 0 Å². The van der Waals surface area contributed by atoms with Gasteiger partial charge in [-0.05, 0) is 12.8 Å². The molecule has 5 heteroatoms. The summed E-state index contributed by atoms with van der Waals surface area (Å²) in [5.41, 5.74) is 6.01. The highest BCUT2D eigenvalue weighted by Gasteiger charge is 2.13. The minimum absolute atomic E-state index is 0.0333. The van der Waals surface area contributed by atoms with Crippen LogP contribution in [-0.4, -0.2) is 10.0 Å². The topological polar surface area (TPSA) is 89.4 Å². The molecular weight excluding hydrogens is 196 g/mol. The number of benzene rings is 1. The number of nitro groups is 1. The van der Waals surface area contributed by atoms with Crippen molar-refractivity contribution in [2.24, 2.45) is 0 Å². The van der Waals surface area contributed by atoms with Gasteiger partial charge in [0, 0.05) is 17.7 Å². The van der Waals surface area contributed by atoms with E-state index in [1.54, 1.807) is 0 Å². The number of non-ortho nitro benzene ring substituents is 1. The number of phenolic OH excluding ortho intramolecular Hbond substituents is 1. The summed E-state index contributed by atoms with van der Waals surface area (Å²) in [6, 6.07) is 2.55. The Morgan fingerprint density at radius 1 is 1.53 bits per heavy atom. The zero-order valence-electron chi connectivity index (χ0n) is 8.56. The number of aromatic hydroxyl groups is 1. The van der Waals surface area contributed by atoms with Gasteiger partial charge in [-0.3, -0.25) is 10.1 Å². The van der Waals surface area contributed by atoms with E-state index in [4.69, 9.17) is 5.73 Å².